The van der Waals surface area contributed by atoms with E-state index in [-0.39, 0.29) is 18.3 Å². The first-order valence-corrected chi connectivity index (χ1v) is 8.15. The lowest BCUT2D eigenvalue weighted by atomic mass is 9.77. The fourth-order valence-corrected chi connectivity index (χ4v) is 3.76. The van der Waals surface area contributed by atoms with E-state index in [4.69, 9.17) is 0 Å². The summed E-state index contributed by atoms with van der Waals surface area (Å²) in [5.74, 6) is 0.185. The summed E-state index contributed by atoms with van der Waals surface area (Å²) in [6, 6.07) is 5.93. The predicted octanol–water partition coefficient (Wildman–Crippen LogP) is 3.40. The van der Waals surface area contributed by atoms with Crippen LogP contribution < -0.4 is 5.32 Å². The fraction of sp³-hybridized carbons (Fsp3) is 0.562. The van der Waals surface area contributed by atoms with Gasteiger partial charge in [-0.1, -0.05) is 22.0 Å². The van der Waals surface area contributed by atoms with Crippen molar-refractivity contribution >= 4 is 34.2 Å². The molecule has 21 heavy (non-hydrogen) atoms. The van der Waals surface area contributed by atoms with Gasteiger partial charge in [-0.05, 0) is 55.8 Å². The molecule has 2 aliphatic heterocycles. The standard InChI is InChI=1S/C16H21BrN2O.ClH/c1-12-2-3-13(17)10-14(12)15(20)19-8-5-16(6-9-19)4-7-18-11-16;/h2-3,10,18H,4-9,11H2,1H3;1H. The largest absolute Gasteiger partial charge is 0.339 e. The quantitative estimate of drug-likeness (QED) is 0.818. The van der Waals surface area contributed by atoms with Crippen LogP contribution in [0.2, 0.25) is 0 Å². The normalized spacial score (nSPS) is 20.4. The third kappa shape index (κ3) is 3.43. The highest BCUT2D eigenvalue weighted by Gasteiger charge is 2.38. The topological polar surface area (TPSA) is 32.3 Å². The van der Waals surface area contributed by atoms with Gasteiger partial charge in [0.25, 0.3) is 5.91 Å². The lowest BCUT2D eigenvalue weighted by Crippen LogP contribution is -2.44. The molecule has 2 fully saturated rings. The highest BCUT2D eigenvalue weighted by molar-refractivity contribution is 9.10. The van der Waals surface area contributed by atoms with Gasteiger partial charge in [-0.3, -0.25) is 4.79 Å². The third-order valence-electron chi connectivity index (χ3n) is 4.87. The average Bonchev–Trinajstić information content (AvgIpc) is 2.90. The molecule has 0 bridgehead atoms. The molecule has 0 aromatic heterocycles. The van der Waals surface area contributed by atoms with Crippen LogP contribution in [0.15, 0.2) is 22.7 Å². The van der Waals surface area contributed by atoms with Crippen LogP contribution in [0.5, 0.6) is 0 Å². The Morgan fingerprint density at radius 2 is 2.00 bits per heavy atom. The van der Waals surface area contributed by atoms with E-state index in [1.807, 2.05) is 30.0 Å². The van der Waals surface area contributed by atoms with Crippen LogP contribution in [0.1, 0.15) is 35.2 Å². The molecular weight excluding hydrogens is 352 g/mol. The molecule has 0 unspecified atom stereocenters. The zero-order chi connectivity index (χ0) is 14.2. The van der Waals surface area contributed by atoms with Crippen molar-refractivity contribution in [2.24, 2.45) is 5.41 Å². The number of rotatable bonds is 1. The Balaban J connectivity index is 0.00000161. The molecule has 1 spiro atoms. The van der Waals surface area contributed by atoms with Crippen molar-refractivity contribution in [1.29, 1.82) is 0 Å². The Kier molecular flexibility index (Phi) is 5.33. The summed E-state index contributed by atoms with van der Waals surface area (Å²) in [5.41, 5.74) is 2.35. The molecule has 0 saturated carbocycles. The van der Waals surface area contributed by atoms with Crippen molar-refractivity contribution in [2.45, 2.75) is 26.2 Å². The zero-order valence-electron chi connectivity index (χ0n) is 12.3. The van der Waals surface area contributed by atoms with E-state index >= 15 is 0 Å². The minimum absolute atomic E-state index is 0. The zero-order valence-corrected chi connectivity index (χ0v) is 14.7. The number of halogens is 2. The molecule has 1 aromatic rings. The van der Waals surface area contributed by atoms with Crippen LogP contribution >= 0.6 is 28.3 Å². The Bertz CT molecular complexity index is 519. The molecule has 3 rings (SSSR count). The van der Waals surface area contributed by atoms with Crippen LogP contribution in [-0.4, -0.2) is 37.0 Å². The maximum Gasteiger partial charge on any atom is 0.254 e. The summed E-state index contributed by atoms with van der Waals surface area (Å²) >= 11 is 3.46. The van der Waals surface area contributed by atoms with E-state index < -0.39 is 0 Å². The van der Waals surface area contributed by atoms with Crippen LogP contribution in [0.4, 0.5) is 0 Å². The molecule has 5 heteroatoms. The first kappa shape index (κ1) is 16.8. The fourth-order valence-electron chi connectivity index (χ4n) is 3.40. The second kappa shape index (κ2) is 6.67. The Labute approximate surface area is 141 Å². The molecular formula is C16H22BrClN2O. The molecule has 0 aliphatic carbocycles. The van der Waals surface area contributed by atoms with Crippen LogP contribution in [0.25, 0.3) is 0 Å². The van der Waals surface area contributed by atoms with Gasteiger partial charge in [0.1, 0.15) is 0 Å². The van der Waals surface area contributed by atoms with Crippen molar-refractivity contribution in [3.8, 4) is 0 Å². The van der Waals surface area contributed by atoms with Crippen LogP contribution in [0, 0.1) is 12.3 Å². The van der Waals surface area contributed by atoms with Gasteiger partial charge < -0.3 is 10.2 Å². The van der Waals surface area contributed by atoms with Crippen LogP contribution in [-0.2, 0) is 0 Å². The van der Waals surface area contributed by atoms with E-state index in [0.29, 0.717) is 5.41 Å². The number of benzene rings is 1. The molecule has 2 saturated heterocycles. The third-order valence-corrected chi connectivity index (χ3v) is 5.37. The van der Waals surface area contributed by atoms with Gasteiger partial charge in [-0.2, -0.15) is 0 Å². The number of hydrogen-bond acceptors (Lipinski definition) is 2. The first-order valence-electron chi connectivity index (χ1n) is 7.36. The number of likely N-dealkylation sites (tertiary alicyclic amines) is 1. The van der Waals surface area contributed by atoms with Gasteiger partial charge >= 0.3 is 0 Å². The van der Waals surface area contributed by atoms with Crippen LogP contribution in [0.3, 0.4) is 0 Å². The smallest absolute Gasteiger partial charge is 0.254 e. The number of nitrogens with one attached hydrogen (secondary N) is 1. The highest BCUT2D eigenvalue weighted by Crippen LogP contribution is 2.37. The van der Waals surface area contributed by atoms with Crippen molar-refractivity contribution in [3.05, 3.63) is 33.8 Å². The number of carbonyl (C=O) groups is 1. The lowest BCUT2D eigenvalue weighted by molar-refractivity contribution is 0.0607. The molecule has 3 nitrogen and oxygen atoms in total. The molecule has 2 aliphatic rings. The average molecular weight is 374 g/mol. The number of piperidine rings is 1. The number of aryl methyl sites for hydroxylation is 1. The Morgan fingerprint density at radius 1 is 1.29 bits per heavy atom. The van der Waals surface area contributed by atoms with Crippen molar-refractivity contribution in [3.63, 3.8) is 0 Å². The maximum atomic E-state index is 12.7. The van der Waals surface area contributed by atoms with Gasteiger partial charge in [-0.25, -0.2) is 0 Å². The van der Waals surface area contributed by atoms with Gasteiger partial charge in [0.15, 0.2) is 0 Å². The predicted molar refractivity (Wildman–Crippen MR) is 91.2 cm³/mol. The van der Waals surface area contributed by atoms with Gasteiger partial charge in [0.2, 0.25) is 0 Å². The van der Waals surface area contributed by atoms with E-state index in [1.165, 1.54) is 6.42 Å². The first-order chi connectivity index (χ1) is 9.60. The highest BCUT2D eigenvalue weighted by atomic mass is 79.9. The number of carbonyl (C=O) groups excluding carboxylic acids is 1. The van der Waals surface area contributed by atoms with E-state index in [1.54, 1.807) is 0 Å². The summed E-state index contributed by atoms with van der Waals surface area (Å²) in [4.78, 5) is 14.7. The summed E-state index contributed by atoms with van der Waals surface area (Å²) < 4.78 is 0.972. The van der Waals surface area contributed by atoms with Crippen molar-refractivity contribution in [2.75, 3.05) is 26.2 Å². The summed E-state index contributed by atoms with van der Waals surface area (Å²) in [7, 11) is 0. The minimum Gasteiger partial charge on any atom is -0.339 e. The Morgan fingerprint density at radius 3 is 2.62 bits per heavy atom. The molecule has 0 atom stereocenters. The van der Waals surface area contributed by atoms with Gasteiger partial charge in [0, 0.05) is 29.7 Å². The summed E-state index contributed by atoms with van der Waals surface area (Å²) in [6.07, 6.45) is 3.54. The summed E-state index contributed by atoms with van der Waals surface area (Å²) in [5, 5.41) is 3.47. The van der Waals surface area contributed by atoms with Gasteiger partial charge in [-0.15, -0.1) is 12.4 Å². The second-order valence-electron chi connectivity index (χ2n) is 6.18. The van der Waals surface area contributed by atoms with E-state index in [0.717, 1.165) is 54.6 Å². The van der Waals surface area contributed by atoms with Gasteiger partial charge in [0.05, 0.1) is 0 Å². The molecule has 1 amide bonds. The van der Waals surface area contributed by atoms with Crippen molar-refractivity contribution < 1.29 is 4.79 Å². The minimum atomic E-state index is 0. The maximum absolute atomic E-state index is 12.7. The monoisotopic (exact) mass is 372 g/mol. The molecule has 1 N–H and O–H groups in total. The van der Waals surface area contributed by atoms with E-state index in [2.05, 4.69) is 21.2 Å². The van der Waals surface area contributed by atoms with Crippen molar-refractivity contribution in [1.82, 2.24) is 10.2 Å². The number of amides is 1. The second-order valence-corrected chi connectivity index (χ2v) is 7.09. The number of nitrogens with zero attached hydrogens (tertiary/aromatic N) is 1. The number of hydrogen-bond donors (Lipinski definition) is 1. The van der Waals surface area contributed by atoms with E-state index in [9.17, 15) is 4.79 Å². The summed E-state index contributed by atoms with van der Waals surface area (Å²) in [6.45, 7) is 6.06. The molecule has 0 radical (unpaired) electrons. The molecule has 116 valence electrons. The Hall–Kier alpha value is -0.580. The lowest BCUT2D eigenvalue weighted by Gasteiger charge is -2.39. The molecule has 2 heterocycles. The SMILES string of the molecule is Cc1ccc(Br)cc1C(=O)N1CCC2(CCNC2)CC1.Cl. The molecule has 1 aromatic carbocycles.